The number of aromatic nitrogens is 1. The van der Waals surface area contributed by atoms with E-state index in [1.807, 2.05) is 31.2 Å². The second kappa shape index (κ2) is 7.73. The number of rotatable bonds is 5. The van der Waals surface area contributed by atoms with Crippen molar-refractivity contribution in [2.24, 2.45) is 0 Å². The van der Waals surface area contributed by atoms with E-state index in [4.69, 9.17) is 14.0 Å². The highest BCUT2D eigenvalue weighted by atomic mass is 16.6. The van der Waals surface area contributed by atoms with Crippen molar-refractivity contribution < 1.29 is 23.6 Å². The molecule has 2 heterocycles. The topological polar surface area (TPSA) is 90.7 Å². The van der Waals surface area contributed by atoms with E-state index in [0.29, 0.717) is 42.0 Å². The summed E-state index contributed by atoms with van der Waals surface area (Å²) < 4.78 is 16.6. The summed E-state index contributed by atoms with van der Waals surface area (Å²) in [5, 5.41) is 6.81. The maximum Gasteiger partial charge on any atom is 0.335 e. The maximum absolute atomic E-state index is 13.0. The minimum atomic E-state index is -0.812. The second-order valence-corrected chi connectivity index (χ2v) is 7.40. The number of nitrogens with zero attached hydrogens (tertiary/aromatic N) is 1. The molecule has 4 rings (SSSR count). The van der Waals surface area contributed by atoms with Gasteiger partial charge in [-0.3, -0.25) is 10.1 Å². The van der Waals surface area contributed by atoms with Crippen LogP contribution in [0.1, 0.15) is 46.0 Å². The predicted octanol–water partition coefficient (Wildman–Crippen LogP) is 4.26. The fourth-order valence-corrected chi connectivity index (χ4v) is 4.20. The number of para-hydroxylation sites is 1. The molecule has 1 amide bonds. The van der Waals surface area contributed by atoms with Crippen LogP contribution in [0.4, 0.5) is 5.88 Å². The van der Waals surface area contributed by atoms with E-state index in [0.717, 1.165) is 24.8 Å². The molecule has 152 valence electrons. The van der Waals surface area contributed by atoms with Crippen LogP contribution in [0.2, 0.25) is 0 Å². The molecule has 0 bridgehead atoms. The Bertz CT molecular complexity index is 969. The zero-order chi connectivity index (χ0) is 20.4. The molecule has 29 heavy (non-hydrogen) atoms. The standard InChI is InChI=1S/C22H24N2O5/c1-3-27-17-10-6-5-9-15(17)16-13-18(29-24-16)23-20(25)19-14(2)21(26)28-22(19)11-7-4-8-12-22/h5-6,9-10,13H,3-4,7-8,11-12H2,1-2H3,(H,23,25). The van der Waals surface area contributed by atoms with Gasteiger partial charge < -0.3 is 14.0 Å². The lowest BCUT2D eigenvalue weighted by Crippen LogP contribution is -2.39. The van der Waals surface area contributed by atoms with Gasteiger partial charge in [-0.1, -0.05) is 23.7 Å². The van der Waals surface area contributed by atoms with Crippen molar-refractivity contribution in [3.05, 3.63) is 41.5 Å². The molecule has 1 N–H and O–H groups in total. The largest absolute Gasteiger partial charge is 0.493 e. The SMILES string of the molecule is CCOc1ccccc1-c1cc(NC(=O)C2=C(C)C(=O)OC23CCCCC3)on1. The van der Waals surface area contributed by atoms with E-state index in [1.54, 1.807) is 13.0 Å². The van der Waals surface area contributed by atoms with Gasteiger partial charge in [0.25, 0.3) is 5.91 Å². The molecule has 0 atom stereocenters. The summed E-state index contributed by atoms with van der Waals surface area (Å²) in [6.07, 6.45) is 4.28. The highest BCUT2D eigenvalue weighted by Crippen LogP contribution is 2.44. The molecule has 7 heteroatoms. The number of ether oxygens (including phenoxy) is 2. The normalized spacial score (nSPS) is 18.1. The molecule has 7 nitrogen and oxygen atoms in total. The smallest absolute Gasteiger partial charge is 0.335 e. The molecule has 1 aliphatic carbocycles. The van der Waals surface area contributed by atoms with Gasteiger partial charge in [0.05, 0.1) is 12.2 Å². The average molecular weight is 396 g/mol. The summed E-state index contributed by atoms with van der Waals surface area (Å²) in [5.74, 6) is 0.106. The number of carbonyl (C=O) groups is 2. The molecule has 0 saturated heterocycles. The lowest BCUT2D eigenvalue weighted by Gasteiger charge is -2.33. The number of nitrogens with one attached hydrogen (secondary N) is 1. The zero-order valence-electron chi connectivity index (χ0n) is 16.6. The van der Waals surface area contributed by atoms with Crippen LogP contribution in [0, 0.1) is 0 Å². The van der Waals surface area contributed by atoms with Gasteiger partial charge in [0.2, 0.25) is 5.88 Å². The minimum absolute atomic E-state index is 0.210. The Labute approximate surface area is 169 Å². The molecule has 2 aliphatic rings. The summed E-state index contributed by atoms with van der Waals surface area (Å²) in [7, 11) is 0. The van der Waals surface area contributed by atoms with Crippen molar-refractivity contribution in [2.45, 2.75) is 51.6 Å². The molecule has 1 spiro atoms. The summed E-state index contributed by atoms with van der Waals surface area (Å²) in [4.78, 5) is 25.2. The zero-order valence-corrected chi connectivity index (χ0v) is 16.6. The number of benzene rings is 1. The van der Waals surface area contributed by atoms with Gasteiger partial charge in [-0.2, -0.15) is 0 Å². The monoisotopic (exact) mass is 396 g/mol. The first-order valence-corrected chi connectivity index (χ1v) is 9.99. The lowest BCUT2D eigenvalue weighted by atomic mass is 9.78. The van der Waals surface area contributed by atoms with E-state index in [9.17, 15) is 9.59 Å². The summed E-state index contributed by atoms with van der Waals surface area (Å²) in [6, 6.07) is 9.15. The van der Waals surface area contributed by atoms with E-state index in [1.165, 1.54) is 0 Å². The Kier molecular flexibility index (Phi) is 5.13. The van der Waals surface area contributed by atoms with Gasteiger partial charge in [0.1, 0.15) is 17.0 Å². The first-order chi connectivity index (χ1) is 14.0. The van der Waals surface area contributed by atoms with Gasteiger partial charge >= 0.3 is 5.97 Å². The average Bonchev–Trinajstić information content (AvgIpc) is 3.26. The third-order valence-electron chi connectivity index (χ3n) is 5.52. The van der Waals surface area contributed by atoms with Crippen LogP contribution in [0.25, 0.3) is 11.3 Å². The van der Waals surface area contributed by atoms with Crippen LogP contribution >= 0.6 is 0 Å². The van der Waals surface area contributed by atoms with Gasteiger partial charge in [0.15, 0.2) is 0 Å². The van der Waals surface area contributed by atoms with Crippen LogP contribution in [-0.4, -0.2) is 29.2 Å². The van der Waals surface area contributed by atoms with E-state index >= 15 is 0 Å². The number of carbonyl (C=O) groups excluding carboxylic acids is 2. The molecule has 1 saturated carbocycles. The van der Waals surface area contributed by atoms with Gasteiger partial charge in [-0.05, 0) is 51.7 Å². The second-order valence-electron chi connectivity index (χ2n) is 7.40. The molecule has 1 aromatic carbocycles. The summed E-state index contributed by atoms with van der Waals surface area (Å²) >= 11 is 0. The Hall–Kier alpha value is -3.09. The van der Waals surface area contributed by atoms with E-state index in [-0.39, 0.29) is 11.8 Å². The molecule has 0 radical (unpaired) electrons. The predicted molar refractivity (Wildman–Crippen MR) is 106 cm³/mol. The lowest BCUT2D eigenvalue weighted by molar-refractivity contribution is -0.149. The molecule has 1 aromatic heterocycles. The number of hydrogen-bond donors (Lipinski definition) is 1. The maximum atomic E-state index is 13.0. The minimum Gasteiger partial charge on any atom is -0.493 e. The van der Waals surface area contributed by atoms with Crippen molar-refractivity contribution in [3.8, 4) is 17.0 Å². The number of amides is 1. The van der Waals surface area contributed by atoms with Crippen molar-refractivity contribution in [1.29, 1.82) is 0 Å². The molecule has 2 aromatic rings. The third kappa shape index (κ3) is 3.52. The van der Waals surface area contributed by atoms with Crippen LogP contribution < -0.4 is 10.1 Å². The molecular weight excluding hydrogens is 372 g/mol. The van der Waals surface area contributed by atoms with Crippen molar-refractivity contribution >= 4 is 17.8 Å². The summed E-state index contributed by atoms with van der Waals surface area (Å²) in [5.41, 5.74) is 1.30. The van der Waals surface area contributed by atoms with Crippen LogP contribution in [0.5, 0.6) is 5.75 Å². The molecular formula is C22H24N2O5. The van der Waals surface area contributed by atoms with Crippen molar-refractivity contribution in [3.63, 3.8) is 0 Å². The highest BCUT2D eigenvalue weighted by Gasteiger charge is 2.49. The Balaban J connectivity index is 1.57. The Morgan fingerprint density at radius 2 is 2.00 bits per heavy atom. The van der Waals surface area contributed by atoms with Crippen molar-refractivity contribution in [1.82, 2.24) is 5.16 Å². The molecule has 1 aliphatic heterocycles. The fraction of sp³-hybridized carbons (Fsp3) is 0.409. The summed E-state index contributed by atoms with van der Waals surface area (Å²) in [6.45, 7) is 4.08. The first-order valence-electron chi connectivity index (χ1n) is 9.99. The number of esters is 1. The quantitative estimate of drug-likeness (QED) is 0.760. The number of hydrogen-bond acceptors (Lipinski definition) is 6. The first kappa shape index (κ1) is 19.2. The van der Waals surface area contributed by atoms with Gasteiger partial charge in [-0.15, -0.1) is 0 Å². The number of anilines is 1. The Morgan fingerprint density at radius 1 is 1.24 bits per heavy atom. The van der Waals surface area contributed by atoms with E-state index < -0.39 is 11.6 Å². The fourth-order valence-electron chi connectivity index (χ4n) is 4.20. The molecule has 1 fully saturated rings. The van der Waals surface area contributed by atoms with E-state index in [2.05, 4.69) is 10.5 Å². The van der Waals surface area contributed by atoms with Crippen molar-refractivity contribution in [2.75, 3.05) is 11.9 Å². The van der Waals surface area contributed by atoms with Crippen LogP contribution in [-0.2, 0) is 14.3 Å². The van der Waals surface area contributed by atoms with Crippen LogP contribution in [0.15, 0.2) is 46.0 Å². The molecule has 0 unspecified atom stereocenters. The Morgan fingerprint density at radius 3 is 2.76 bits per heavy atom. The van der Waals surface area contributed by atoms with Gasteiger partial charge in [0, 0.05) is 17.2 Å². The van der Waals surface area contributed by atoms with Gasteiger partial charge in [-0.25, -0.2) is 4.79 Å². The third-order valence-corrected chi connectivity index (χ3v) is 5.52. The highest BCUT2D eigenvalue weighted by molar-refractivity contribution is 6.12. The van der Waals surface area contributed by atoms with Crippen LogP contribution in [0.3, 0.4) is 0 Å².